The number of carbonyl (C=O) groups excluding carboxylic acids is 1. The lowest BCUT2D eigenvalue weighted by atomic mass is 10.1. The predicted molar refractivity (Wildman–Crippen MR) is 78.9 cm³/mol. The number of carbonyl (C=O) groups is 1. The van der Waals surface area contributed by atoms with E-state index in [0.717, 1.165) is 37.6 Å². The van der Waals surface area contributed by atoms with Crippen molar-refractivity contribution in [3.8, 4) is 0 Å². The largest absolute Gasteiger partial charge is 0.441 e. The molecule has 1 N–H and O–H groups in total. The summed E-state index contributed by atoms with van der Waals surface area (Å²) in [5.74, 6) is 0. The zero-order valence-corrected chi connectivity index (χ0v) is 12.1. The molecule has 3 rings (SSSR count). The fourth-order valence-corrected chi connectivity index (χ4v) is 2.79. The Morgan fingerprint density at radius 1 is 1.33 bits per heavy atom. The van der Waals surface area contributed by atoms with Gasteiger partial charge in [-0.1, -0.05) is 0 Å². The number of hydrogen-bond donors (Lipinski definition) is 1. The van der Waals surface area contributed by atoms with Gasteiger partial charge < -0.3 is 19.5 Å². The molecule has 0 unspecified atom stereocenters. The molecule has 1 aromatic rings. The summed E-state index contributed by atoms with van der Waals surface area (Å²) in [4.78, 5) is 15.7. The first-order valence-corrected chi connectivity index (χ1v) is 7.21. The summed E-state index contributed by atoms with van der Waals surface area (Å²) in [6, 6.07) is 5.96. The third-order valence-electron chi connectivity index (χ3n) is 3.92. The van der Waals surface area contributed by atoms with Crippen LogP contribution in [0.25, 0.3) is 0 Å². The Hall–Kier alpha value is -1.79. The second-order valence-corrected chi connectivity index (χ2v) is 5.37. The van der Waals surface area contributed by atoms with Gasteiger partial charge in [0.15, 0.2) is 0 Å². The molecule has 2 heterocycles. The molecule has 0 saturated carbocycles. The van der Waals surface area contributed by atoms with Gasteiger partial charge >= 0.3 is 6.09 Å². The molecule has 0 radical (unpaired) electrons. The van der Waals surface area contributed by atoms with Crippen molar-refractivity contribution in [3.05, 3.63) is 23.8 Å². The highest BCUT2D eigenvalue weighted by molar-refractivity contribution is 5.90. The van der Waals surface area contributed by atoms with Gasteiger partial charge in [-0.15, -0.1) is 0 Å². The first-order chi connectivity index (χ1) is 10.2. The van der Waals surface area contributed by atoms with Crippen LogP contribution in [0.3, 0.4) is 0 Å². The smallest absolute Gasteiger partial charge is 0.414 e. The summed E-state index contributed by atoms with van der Waals surface area (Å²) in [6.45, 7) is 5.56. The van der Waals surface area contributed by atoms with Gasteiger partial charge in [0, 0.05) is 24.5 Å². The normalized spacial score (nSPS) is 22.6. The molecule has 2 fully saturated rings. The molecule has 1 aromatic carbocycles. The minimum absolute atomic E-state index is 0.146. The van der Waals surface area contributed by atoms with Gasteiger partial charge in [0.2, 0.25) is 0 Å². The van der Waals surface area contributed by atoms with Crippen LogP contribution < -0.4 is 9.80 Å². The third-order valence-corrected chi connectivity index (χ3v) is 3.92. The second kappa shape index (κ2) is 5.91. The number of aryl methyl sites for hydroxylation is 1. The van der Waals surface area contributed by atoms with Crippen molar-refractivity contribution in [3.63, 3.8) is 0 Å². The number of hydrogen-bond acceptors (Lipinski definition) is 5. The van der Waals surface area contributed by atoms with Crippen molar-refractivity contribution in [1.82, 2.24) is 0 Å². The van der Waals surface area contributed by atoms with Gasteiger partial charge in [0.1, 0.15) is 6.10 Å². The molecule has 114 valence electrons. The number of cyclic esters (lactones) is 1. The summed E-state index contributed by atoms with van der Waals surface area (Å²) in [5, 5.41) is 9.09. The molecule has 2 aliphatic rings. The Balaban J connectivity index is 1.79. The highest BCUT2D eigenvalue weighted by atomic mass is 16.6. The van der Waals surface area contributed by atoms with Crippen LogP contribution in [0, 0.1) is 6.92 Å². The van der Waals surface area contributed by atoms with Crippen LogP contribution >= 0.6 is 0 Å². The average molecular weight is 292 g/mol. The molecular weight excluding hydrogens is 272 g/mol. The van der Waals surface area contributed by atoms with Crippen molar-refractivity contribution in [2.75, 3.05) is 49.3 Å². The lowest BCUT2D eigenvalue weighted by Gasteiger charge is -2.30. The van der Waals surface area contributed by atoms with Crippen LogP contribution in [0.4, 0.5) is 16.2 Å². The first kappa shape index (κ1) is 14.2. The summed E-state index contributed by atoms with van der Waals surface area (Å²) < 4.78 is 10.4. The summed E-state index contributed by atoms with van der Waals surface area (Å²) in [7, 11) is 0. The summed E-state index contributed by atoms with van der Waals surface area (Å²) in [6.07, 6.45) is -0.829. The number of benzene rings is 1. The predicted octanol–water partition coefficient (Wildman–Crippen LogP) is 1.15. The lowest BCUT2D eigenvalue weighted by molar-refractivity contribution is 0.0963. The van der Waals surface area contributed by atoms with E-state index < -0.39 is 12.2 Å². The van der Waals surface area contributed by atoms with Gasteiger partial charge in [0.05, 0.1) is 26.4 Å². The number of nitrogens with zero attached hydrogens (tertiary/aromatic N) is 2. The first-order valence-electron chi connectivity index (χ1n) is 7.21. The topological polar surface area (TPSA) is 62.2 Å². The molecule has 6 heteroatoms. The average Bonchev–Trinajstić information content (AvgIpc) is 2.89. The molecule has 1 atom stereocenters. The van der Waals surface area contributed by atoms with Gasteiger partial charge in [0.25, 0.3) is 0 Å². The maximum atomic E-state index is 11.8. The quantitative estimate of drug-likeness (QED) is 0.905. The number of anilines is 2. The number of morpholine rings is 1. The molecule has 2 aliphatic heterocycles. The van der Waals surface area contributed by atoms with Crippen molar-refractivity contribution >= 4 is 17.5 Å². The number of aliphatic hydroxyl groups excluding tert-OH is 1. The fourth-order valence-electron chi connectivity index (χ4n) is 2.79. The van der Waals surface area contributed by atoms with E-state index >= 15 is 0 Å². The Bertz CT molecular complexity index is 528. The lowest BCUT2D eigenvalue weighted by Crippen LogP contribution is -2.36. The highest BCUT2D eigenvalue weighted by Gasteiger charge is 2.32. The summed E-state index contributed by atoms with van der Waals surface area (Å²) >= 11 is 0. The summed E-state index contributed by atoms with van der Waals surface area (Å²) in [5.41, 5.74) is 3.11. The van der Waals surface area contributed by atoms with Crippen molar-refractivity contribution in [2.45, 2.75) is 13.0 Å². The van der Waals surface area contributed by atoms with Crippen LogP contribution in [-0.2, 0) is 9.47 Å². The van der Waals surface area contributed by atoms with E-state index in [4.69, 9.17) is 14.6 Å². The van der Waals surface area contributed by atoms with E-state index in [2.05, 4.69) is 4.90 Å². The van der Waals surface area contributed by atoms with Crippen LogP contribution in [0.15, 0.2) is 18.2 Å². The minimum atomic E-state index is -0.434. The van der Waals surface area contributed by atoms with E-state index in [1.807, 2.05) is 25.1 Å². The molecule has 1 amide bonds. The molecule has 0 aromatic heterocycles. The van der Waals surface area contributed by atoms with Crippen LogP contribution in [0.1, 0.15) is 5.56 Å². The Morgan fingerprint density at radius 3 is 2.71 bits per heavy atom. The molecule has 6 nitrogen and oxygen atoms in total. The number of rotatable bonds is 3. The molecule has 21 heavy (non-hydrogen) atoms. The highest BCUT2D eigenvalue weighted by Crippen LogP contribution is 2.28. The second-order valence-electron chi connectivity index (χ2n) is 5.37. The van der Waals surface area contributed by atoms with E-state index in [9.17, 15) is 4.79 Å². The fraction of sp³-hybridized carbons (Fsp3) is 0.533. The van der Waals surface area contributed by atoms with Gasteiger partial charge in [-0.3, -0.25) is 4.90 Å². The maximum absolute atomic E-state index is 11.8. The Kier molecular flexibility index (Phi) is 3.98. The molecule has 0 bridgehead atoms. The maximum Gasteiger partial charge on any atom is 0.414 e. The van der Waals surface area contributed by atoms with Crippen LogP contribution in [-0.4, -0.2) is 56.8 Å². The van der Waals surface area contributed by atoms with E-state index in [1.54, 1.807) is 4.90 Å². The molecule has 2 saturated heterocycles. The molecule has 0 spiro atoms. The molecule has 0 aliphatic carbocycles. The van der Waals surface area contributed by atoms with Crippen molar-refractivity contribution in [1.29, 1.82) is 0 Å². The van der Waals surface area contributed by atoms with Crippen LogP contribution in [0.2, 0.25) is 0 Å². The van der Waals surface area contributed by atoms with Gasteiger partial charge in [-0.25, -0.2) is 4.79 Å². The zero-order valence-electron chi connectivity index (χ0n) is 12.1. The molecular formula is C15H20N2O4. The minimum Gasteiger partial charge on any atom is -0.441 e. The van der Waals surface area contributed by atoms with E-state index in [1.165, 1.54) is 5.69 Å². The SMILES string of the molecule is Cc1cc(N2C[C@H](CO)OC2=O)ccc1N1CCOCC1. The van der Waals surface area contributed by atoms with Crippen molar-refractivity contribution < 1.29 is 19.4 Å². The number of aliphatic hydroxyl groups is 1. The number of ether oxygens (including phenoxy) is 2. The van der Waals surface area contributed by atoms with Crippen molar-refractivity contribution in [2.24, 2.45) is 0 Å². The number of amides is 1. The Morgan fingerprint density at radius 2 is 2.10 bits per heavy atom. The third kappa shape index (κ3) is 2.82. The monoisotopic (exact) mass is 292 g/mol. The standard InChI is InChI=1S/C15H20N2O4/c1-11-8-12(17-9-13(10-18)21-15(17)19)2-3-14(11)16-4-6-20-7-5-16/h2-3,8,13,18H,4-7,9-10H2,1H3/t13-/m1/s1. The van der Waals surface area contributed by atoms with Gasteiger partial charge in [-0.05, 0) is 30.7 Å². The zero-order chi connectivity index (χ0) is 14.8. The van der Waals surface area contributed by atoms with E-state index in [-0.39, 0.29) is 6.61 Å². The van der Waals surface area contributed by atoms with Gasteiger partial charge in [-0.2, -0.15) is 0 Å². The van der Waals surface area contributed by atoms with Crippen LogP contribution in [0.5, 0.6) is 0 Å². The Labute approximate surface area is 123 Å². The van der Waals surface area contributed by atoms with E-state index in [0.29, 0.717) is 6.54 Å².